The smallest absolute Gasteiger partial charge is 0.339 e. The fraction of sp³-hybridized carbons (Fsp3) is 0.294. The van der Waals surface area contributed by atoms with E-state index in [0.717, 1.165) is 9.75 Å². The number of carbonyl (C=O) groups is 2. The van der Waals surface area contributed by atoms with Crippen LogP contribution in [0.15, 0.2) is 30.3 Å². The van der Waals surface area contributed by atoms with Gasteiger partial charge in [-0.3, -0.25) is 14.9 Å². The summed E-state index contributed by atoms with van der Waals surface area (Å²) in [6.45, 7) is 4.15. The van der Waals surface area contributed by atoms with Gasteiger partial charge in [0, 0.05) is 40.7 Å². The number of benzene rings is 1. The van der Waals surface area contributed by atoms with Gasteiger partial charge in [0.15, 0.2) is 6.61 Å². The molecule has 0 aliphatic heterocycles. The van der Waals surface area contributed by atoms with Crippen LogP contribution < -0.4 is 10.6 Å². The zero-order valence-electron chi connectivity index (χ0n) is 14.4. The Labute approximate surface area is 154 Å². The summed E-state index contributed by atoms with van der Waals surface area (Å²) in [5.74, 6) is -0.903. The van der Waals surface area contributed by atoms with E-state index in [4.69, 9.17) is 4.74 Å². The monoisotopic (exact) mass is 377 g/mol. The molecule has 0 aliphatic rings. The molecule has 2 N–H and O–H groups in total. The van der Waals surface area contributed by atoms with Crippen molar-refractivity contribution in [2.45, 2.75) is 13.8 Å². The van der Waals surface area contributed by atoms with E-state index in [9.17, 15) is 19.7 Å². The number of nitrogens with zero attached hydrogens (tertiary/aromatic N) is 1. The molecule has 1 amide bonds. The van der Waals surface area contributed by atoms with Gasteiger partial charge in [-0.2, -0.15) is 0 Å². The summed E-state index contributed by atoms with van der Waals surface area (Å²) < 4.78 is 5.01. The third-order valence-electron chi connectivity index (χ3n) is 3.45. The number of anilines is 1. The van der Waals surface area contributed by atoms with E-state index >= 15 is 0 Å². The molecule has 1 aromatic carbocycles. The van der Waals surface area contributed by atoms with Gasteiger partial charge in [0.25, 0.3) is 11.6 Å². The SMILES string of the molecule is Cc1cc(C(=O)OCC(=O)NCCNc2ccc([N+](=O)[O-])cc2)c(C)s1. The lowest BCUT2D eigenvalue weighted by Crippen LogP contribution is -2.32. The first-order chi connectivity index (χ1) is 12.4. The van der Waals surface area contributed by atoms with Gasteiger partial charge in [-0.1, -0.05) is 0 Å². The number of thiophene rings is 1. The Kier molecular flexibility index (Phi) is 6.67. The molecular formula is C17H19N3O5S. The summed E-state index contributed by atoms with van der Waals surface area (Å²) in [6, 6.07) is 7.72. The number of nitro groups is 1. The van der Waals surface area contributed by atoms with Gasteiger partial charge in [0.1, 0.15) is 0 Å². The molecule has 0 saturated carbocycles. The number of ether oxygens (including phenoxy) is 1. The van der Waals surface area contributed by atoms with Gasteiger partial charge in [0.05, 0.1) is 10.5 Å². The van der Waals surface area contributed by atoms with E-state index in [0.29, 0.717) is 24.3 Å². The lowest BCUT2D eigenvalue weighted by molar-refractivity contribution is -0.384. The molecular weight excluding hydrogens is 358 g/mol. The van der Waals surface area contributed by atoms with Crippen molar-refractivity contribution < 1.29 is 19.2 Å². The summed E-state index contributed by atoms with van der Waals surface area (Å²) in [5.41, 5.74) is 1.21. The topological polar surface area (TPSA) is 111 Å². The first-order valence-electron chi connectivity index (χ1n) is 7.86. The van der Waals surface area contributed by atoms with Crippen LogP contribution in [0.4, 0.5) is 11.4 Å². The van der Waals surface area contributed by atoms with Gasteiger partial charge in [-0.15, -0.1) is 11.3 Å². The second kappa shape index (κ2) is 8.95. The van der Waals surface area contributed by atoms with Crippen LogP contribution in [-0.2, 0) is 9.53 Å². The summed E-state index contributed by atoms with van der Waals surface area (Å²) in [6.07, 6.45) is 0. The van der Waals surface area contributed by atoms with Crippen LogP contribution in [0.5, 0.6) is 0 Å². The van der Waals surface area contributed by atoms with Gasteiger partial charge in [-0.05, 0) is 32.0 Å². The van der Waals surface area contributed by atoms with Crippen molar-refractivity contribution in [2.24, 2.45) is 0 Å². The summed E-state index contributed by atoms with van der Waals surface area (Å²) in [5, 5.41) is 16.2. The van der Waals surface area contributed by atoms with Gasteiger partial charge >= 0.3 is 5.97 Å². The molecule has 0 unspecified atom stereocenters. The molecule has 2 rings (SSSR count). The van der Waals surface area contributed by atoms with Crippen LogP contribution in [0.1, 0.15) is 20.1 Å². The van der Waals surface area contributed by atoms with E-state index < -0.39 is 16.8 Å². The van der Waals surface area contributed by atoms with E-state index in [1.165, 1.54) is 23.5 Å². The van der Waals surface area contributed by atoms with Crippen molar-refractivity contribution in [3.05, 3.63) is 55.8 Å². The highest BCUT2D eigenvalue weighted by atomic mass is 32.1. The molecule has 0 aliphatic carbocycles. The summed E-state index contributed by atoms with van der Waals surface area (Å²) in [7, 11) is 0. The average Bonchev–Trinajstić information content (AvgIpc) is 2.95. The third kappa shape index (κ3) is 5.55. The number of hydrogen-bond donors (Lipinski definition) is 2. The number of non-ortho nitro benzene ring substituents is 1. The maximum Gasteiger partial charge on any atom is 0.339 e. The van der Waals surface area contributed by atoms with Crippen molar-refractivity contribution in [1.82, 2.24) is 5.32 Å². The van der Waals surface area contributed by atoms with E-state index in [-0.39, 0.29) is 12.3 Å². The minimum absolute atomic E-state index is 0.0155. The molecule has 8 nitrogen and oxygen atoms in total. The predicted molar refractivity (Wildman–Crippen MR) is 98.7 cm³/mol. The number of nitrogens with one attached hydrogen (secondary N) is 2. The molecule has 2 aromatic rings. The Bertz CT molecular complexity index is 801. The molecule has 0 saturated heterocycles. The van der Waals surface area contributed by atoms with Crippen LogP contribution in [0.2, 0.25) is 0 Å². The zero-order valence-corrected chi connectivity index (χ0v) is 15.2. The standard InChI is InChI=1S/C17H19N3O5S/c1-11-9-15(12(2)26-11)17(22)25-10-16(21)19-8-7-18-13-3-5-14(6-4-13)20(23)24/h3-6,9,18H,7-8,10H2,1-2H3,(H,19,21). The fourth-order valence-electron chi connectivity index (χ4n) is 2.20. The molecule has 138 valence electrons. The Morgan fingerprint density at radius 3 is 2.46 bits per heavy atom. The minimum Gasteiger partial charge on any atom is -0.452 e. The zero-order chi connectivity index (χ0) is 19.1. The maximum absolute atomic E-state index is 11.9. The van der Waals surface area contributed by atoms with Crippen molar-refractivity contribution >= 4 is 34.6 Å². The number of nitro benzene ring substituents is 1. The molecule has 9 heteroatoms. The molecule has 0 atom stereocenters. The average molecular weight is 377 g/mol. The van der Waals surface area contributed by atoms with Crippen LogP contribution in [-0.4, -0.2) is 36.5 Å². The number of amides is 1. The van der Waals surface area contributed by atoms with Crippen molar-refractivity contribution in [3.8, 4) is 0 Å². The van der Waals surface area contributed by atoms with Crippen LogP contribution in [0.25, 0.3) is 0 Å². The third-order valence-corrected chi connectivity index (χ3v) is 4.42. The van der Waals surface area contributed by atoms with Crippen LogP contribution in [0, 0.1) is 24.0 Å². The second-order valence-electron chi connectivity index (χ2n) is 5.48. The largest absolute Gasteiger partial charge is 0.452 e. The van der Waals surface area contributed by atoms with Gasteiger partial charge in [-0.25, -0.2) is 4.79 Å². The Hall–Kier alpha value is -2.94. The normalized spacial score (nSPS) is 10.2. The van der Waals surface area contributed by atoms with Gasteiger partial charge in [0.2, 0.25) is 0 Å². The highest BCUT2D eigenvalue weighted by molar-refractivity contribution is 7.12. The highest BCUT2D eigenvalue weighted by Crippen LogP contribution is 2.21. The lowest BCUT2D eigenvalue weighted by Gasteiger charge is -2.08. The fourth-order valence-corrected chi connectivity index (χ4v) is 3.12. The number of aryl methyl sites for hydroxylation is 2. The van der Waals surface area contributed by atoms with E-state index in [1.807, 2.05) is 13.8 Å². The second-order valence-corrected chi connectivity index (χ2v) is 6.94. The first-order valence-corrected chi connectivity index (χ1v) is 8.67. The summed E-state index contributed by atoms with van der Waals surface area (Å²) in [4.78, 5) is 35.6. The molecule has 0 bridgehead atoms. The molecule has 0 fully saturated rings. The molecule has 1 heterocycles. The van der Waals surface area contributed by atoms with Crippen LogP contribution in [0.3, 0.4) is 0 Å². The Morgan fingerprint density at radius 2 is 1.88 bits per heavy atom. The van der Waals surface area contributed by atoms with Gasteiger partial charge < -0.3 is 15.4 Å². The molecule has 0 spiro atoms. The quantitative estimate of drug-likeness (QED) is 0.317. The van der Waals surface area contributed by atoms with Crippen molar-refractivity contribution in [1.29, 1.82) is 0 Å². The first kappa shape index (κ1) is 19.4. The number of carbonyl (C=O) groups excluding carboxylic acids is 2. The van der Waals surface area contributed by atoms with Crippen molar-refractivity contribution in [2.75, 3.05) is 25.0 Å². The Balaban J connectivity index is 1.66. The minimum atomic E-state index is -0.508. The molecule has 1 aromatic heterocycles. The maximum atomic E-state index is 11.9. The molecule has 26 heavy (non-hydrogen) atoms. The summed E-state index contributed by atoms with van der Waals surface area (Å²) >= 11 is 1.50. The Morgan fingerprint density at radius 1 is 1.19 bits per heavy atom. The number of esters is 1. The van der Waals surface area contributed by atoms with Crippen molar-refractivity contribution in [3.63, 3.8) is 0 Å². The number of hydrogen-bond acceptors (Lipinski definition) is 7. The van der Waals surface area contributed by atoms with E-state index in [2.05, 4.69) is 10.6 Å². The highest BCUT2D eigenvalue weighted by Gasteiger charge is 2.14. The molecule has 0 radical (unpaired) electrons. The van der Waals surface area contributed by atoms with Crippen LogP contribution >= 0.6 is 11.3 Å². The van der Waals surface area contributed by atoms with E-state index in [1.54, 1.807) is 18.2 Å². The lowest BCUT2D eigenvalue weighted by atomic mass is 10.2. The predicted octanol–water partition coefficient (Wildman–Crippen LogP) is 2.66. The number of rotatable bonds is 8.